The van der Waals surface area contributed by atoms with Crippen LogP contribution in [0.2, 0.25) is 0 Å². The minimum absolute atomic E-state index is 0. The van der Waals surface area contributed by atoms with E-state index in [1.807, 2.05) is 24.3 Å². The van der Waals surface area contributed by atoms with Gasteiger partial charge in [-0.3, -0.25) is 0 Å². The summed E-state index contributed by atoms with van der Waals surface area (Å²) in [5, 5.41) is 0. The Bertz CT molecular complexity index is 328. The maximum absolute atomic E-state index is 5.68. The molecule has 0 aliphatic rings. The van der Waals surface area contributed by atoms with Crippen molar-refractivity contribution >= 4 is 13.3 Å². The molecule has 0 fully saturated rings. The minimum Gasteiger partial charge on any atom is -0.870 e. The quantitative estimate of drug-likeness (QED) is 0.424. The van der Waals surface area contributed by atoms with Crippen molar-refractivity contribution < 1.29 is 15.7 Å². The third-order valence-corrected chi connectivity index (χ3v) is 3.65. The molecule has 0 amide bonds. The number of benzene rings is 1. The maximum Gasteiger partial charge on any atom is -0.870 e. The molecule has 0 aromatic heterocycles. The average molecular weight is 306 g/mol. The van der Waals surface area contributed by atoms with Crippen LogP contribution < -0.4 is 10.2 Å². The number of ether oxygens (including phenoxy) is 1. The fraction of sp³-hybridized carbons (Fsp3) is 0.667. The number of rotatable bonds is 12. The molecule has 2 N–H and O–H groups in total. The van der Waals surface area contributed by atoms with Gasteiger partial charge in [-0.25, -0.2) is 0 Å². The molecule has 0 aliphatic carbocycles. The molecule has 0 heterocycles. The SMILES string of the molecule is [B+2]c1ccc(OCCCCCCCCCCCC)cc1.[OH-].[OH-]. The van der Waals surface area contributed by atoms with Crippen LogP contribution in [0.5, 0.6) is 5.75 Å². The number of hydrogen-bond acceptors (Lipinski definition) is 3. The Morgan fingerprint density at radius 1 is 0.727 bits per heavy atom. The smallest absolute Gasteiger partial charge is 0.870 e. The fourth-order valence-corrected chi connectivity index (χ4v) is 2.34. The predicted octanol–water partition coefficient (Wildman–Crippen LogP) is 4.43. The van der Waals surface area contributed by atoms with Crippen molar-refractivity contribution in [1.29, 1.82) is 0 Å². The number of unbranched alkanes of at least 4 members (excludes halogenated alkanes) is 9. The van der Waals surface area contributed by atoms with Crippen LogP contribution in [-0.2, 0) is 0 Å². The molecule has 1 aromatic rings. The monoisotopic (exact) mass is 306 g/mol. The van der Waals surface area contributed by atoms with Gasteiger partial charge in [-0.2, -0.15) is 0 Å². The second-order valence-corrected chi connectivity index (χ2v) is 5.60. The van der Waals surface area contributed by atoms with Crippen molar-refractivity contribution in [3.63, 3.8) is 0 Å². The molecular formula is C18H31BO3. The molecule has 1 rings (SSSR count). The topological polar surface area (TPSA) is 69.2 Å². The van der Waals surface area contributed by atoms with Crippen LogP contribution in [0.3, 0.4) is 0 Å². The van der Waals surface area contributed by atoms with Crippen LogP contribution in [0.4, 0.5) is 0 Å². The molecule has 22 heavy (non-hydrogen) atoms. The average Bonchev–Trinajstić information content (AvgIpc) is 2.47. The summed E-state index contributed by atoms with van der Waals surface area (Å²) in [6.45, 7) is 3.09. The largest absolute Gasteiger partial charge is 0.870 e. The van der Waals surface area contributed by atoms with E-state index in [9.17, 15) is 0 Å². The van der Waals surface area contributed by atoms with E-state index in [0.717, 1.165) is 24.2 Å². The van der Waals surface area contributed by atoms with Gasteiger partial charge in [-0.1, -0.05) is 32.6 Å². The molecule has 0 unspecified atom stereocenters. The zero-order valence-electron chi connectivity index (χ0n) is 14.0. The van der Waals surface area contributed by atoms with E-state index < -0.39 is 0 Å². The Kier molecular flexibility index (Phi) is 17.3. The summed E-state index contributed by atoms with van der Waals surface area (Å²) in [5.74, 6) is 0.926. The molecule has 0 radical (unpaired) electrons. The Balaban J connectivity index is 0. The van der Waals surface area contributed by atoms with Crippen molar-refractivity contribution in [2.75, 3.05) is 6.61 Å². The molecular weight excluding hydrogens is 275 g/mol. The van der Waals surface area contributed by atoms with Gasteiger partial charge in [-0.15, -0.1) is 0 Å². The van der Waals surface area contributed by atoms with Crippen molar-refractivity contribution in [2.45, 2.75) is 71.1 Å². The van der Waals surface area contributed by atoms with Crippen molar-refractivity contribution in [3.8, 4) is 5.75 Å². The standard InChI is InChI=1S/C18H29BO.2H2O/c1-2-3-4-5-6-7-8-9-10-11-16-20-18-14-12-17(19)13-15-18;;/h12-15H,2-11,16H2,1H3;2*1H2/q+2;;/p-2. The van der Waals surface area contributed by atoms with Gasteiger partial charge in [0, 0.05) is 0 Å². The van der Waals surface area contributed by atoms with Gasteiger partial charge >= 0.3 is 93.2 Å². The van der Waals surface area contributed by atoms with Crippen LogP contribution in [0, 0.1) is 0 Å². The summed E-state index contributed by atoms with van der Waals surface area (Å²) in [4.78, 5) is 0. The summed E-state index contributed by atoms with van der Waals surface area (Å²) >= 11 is 0. The van der Waals surface area contributed by atoms with Gasteiger partial charge in [0.25, 0.3) is 0 Å². The maximum atomic E-state index is 5.68. The van der Waals surface area contributed by atoms with E-state index >= 15 is 0 Å². The molecule has 124 valence electrons. The van der Waals surface area contributed by atoms with Gasteiger partial charge in [-0.05, 0) is 0 Å². The summed E-state index contributed by atoms with van der Waals surface area (Å²) in [5.41, 5.74) is 0.788. The normalized spacial score (nSPS) is 9.77. The van der Waals surface area contributed by atoms with Crippen LogP contribution in [0.25, 0.3) is 0 Å². The zero-order chi connectivity index (χ0) is 14.5. The summed E-state index contributed by atoms with van der Waals surface area (Å²) in [6, 6.07) is 7.64. The predicted molar refractivity (Wildman–Crippen MR) is 93.0 cm³/mol. The van der Waals surface area contributed by atoms with Crippen LogP contribution in [-0.4, -0.2) is 25.4 Å². The van der Waals surface area contributed by atoms with Crippen molar-refractivity contribution in [2.24, 2.45) is 0 Å². The van der Waals surface area contributed by atoms with Gasteiger partial charge < -0.3 is 11.0 Å². The Labute approximate surface area is 137 Å². The van der Waals surface area contributed by atoms with Gasteiger partial charge in [0.1, 0.15) is 0 Å². The molecule has 0 bridgehead atoms. The summed E-state index contributed by atoms with van der Waals surface area (Å²) in [6.07, 6.45) is 13.6. The van der Waals surface area contributed by atoms with E-state index in [4.69, 9.17) is 12.6 Å². The minimum atomic E-state index is 0. The Morgan fingerprint density at radius 3 is 1.68 bits per heavy atom. The molecule has 4 heteroatoms. The van der Waals surface area contributed by atoms with E-state index in [2.05, 4.69) is 6.92 Å². The third kappa shape index (κ3) is 12.7. The zero-order valence-corrected chi connectivity index (χ0v) is 14.0. The first-order valence-corrected chi connectivity index (χ1v) is 8.31. The van der Waals surface area contributed by atoms with E-state index in [1.54, 1.807) is 0 Å². The number of hydrogen-bond donors (Lipinski definition) is 0. The van der Waals surface area contributed by atoms with Crippen LogP contribution >= 0.6 is 0 Å². The molecule has 0 saturated carbocycles. The Morgan fingerprint density at radius 2 is 1.18 bits per heavy atom. The third-order valence-electron chi connectivity index (χ3n) is 3.65. The van der Waals surface area contributed by atoms with Crippen molar-refractivity contribution in [3.05, 3.63) is 24.3 Å². The summed E-state index contributed by atoms with van der Waals surface area (Å²) < 4.78 is 5.68. The van der Waals surface area contributed by atoms with Crippen molar-refractivity contribution in [1.82, 2.24) is 0 Å². The Hall–Kier alpha value is -0.995. The van der Waals surface area contributed by atoms with Crippen LogP contribution in [0.1, 0.15) is 71.1 Å². The molecule has 0 atom stereocenters. The fourth-order valence-electron chi connectivity index (χ4n) is 2.34. The molecule has 0 aliphatic heterocycles. The first kappa shape index (κ1) is 23.3. The van der Waals surface area contributed by atoms with Gasteiger partial charge in [0.05, 0.1) is 0 Å². The van der Waals surface area contributed by atoms with Gasteiger partial charge in [0.15, 0.2) is 0 Å². The second-order valence-electron chi connectivity index (χ2n) is 5.60. The second kappa shape index (κ2) is 16.4. The van der Waals surface area contributed by atoms with E-state index in [0.29, 0.717) is 0 Å². The molecule has 1 aromatic carbocycles. The van der Waals surface area contributed by atoms with Gasteiger partial charge in [0.2, 0.25) is 0 Å². The summed E-state index contributed by atoms with van der Waals surface area (Å²) in [7, 11) is 5.63. The van der Waals surface area contributed by atoms with Crippen LogP contribution in [0.15, 0.2) is 24.3 Å². The molecule has 0 spiro atoms. The van der Waals surface area contributed by atoms with E-state index in [1.165, 1.54) is 57.8 Å². The molecule has 3 nitrogen and oxygen atoms in total. The molecule has 0 saturated heterocycles. The first-order valence-electron chi connectivity index (χ1n) is 8.31. The van der Waals surface area contributed by atoms with E-state index in [-0.39, 0.29) is 11.0 Å². The first-order chi connectivity index (χ1) is 9.83.